The van der Waals surface area contributed by atoms with Crippen LogP contribution in [0, 0.1) is 5.92 Å². The Hall–Kier alpha value is -2.62. The van der Waals surface area contributed by atoms with E-state index in [1.165, 1.54) is 19.2 Å². The van der Waals surface area contributed by atoms with Crippen LogP contribution in [0.4, 0.5) is 18.9 Å². The molecule has 1 saturated carbocycles. The molecule has 1 aliphatic heterocycles. The molecule has 7 nitrogen and oxygen atoms in total. The van der Waals surface area contributed by atoms with E-state index in [1.54, 1.807) is 12.1 Å². The van der Waals surface area contributed by atoms with E-state index in [4.69, 9.17) is 4.74 Å². The van der Waals surface area contributed by atoms with Gasteiger partial charge >= 0.3 is 18.0 Å². The van der Waals surface area contributed by atoms with Crippen molar-refractivity contribution in [3.05, 3.63) is 24.3 Å². The molecule has 0 spiro atoms. The number of rotatable bonds is 2. The van der Waals surface area contributed by atoms with Crippen molar-refractivity contribution in [3.63, 3.8) is 0 Å². The predicted molar refractivity (Wildman–Crippen MR) is 93.5 cm³/mol. The highest BCUT2D eigenvalue weighted by molar-refractivity contribution is 6.40. The Morgan fingerprint density at radius 2 is 2.00 bits per heavy atom. The minimum atomic E-state index is -5.17. The van der Waals surface area contributed by atoms with E-state index in [0.717, 1.165) is 0 Å². The summed E-state index contributed by atoms with van der Waals surface area (Å²) in [6.45, 7) is 0. The Bertz CT molecular complexity index is 812. The van der Waals surface area contributed by atoms with Gasteiger partial charge in [0, 0.05) is 5.71 Å². The predicted octanol–water partition coefficient (Wildman–Crippen LogP) is 2.66. The normalized spacial score (nSPS) is 24.8. The molecule has 28 heavy (non-hydrogen) atoms. The Kier molecular flexibility index (Phi) is 5.33. The zero-order chi connectivity index (χ0) is 20.5. The molecule has 1 fully saturated rings. The molecule has 10 heteroatoms. The van der Waals surface area contributed by atoms with Crippen molar-refractivity contribution in [2.24, 2.45) is 11.0 Å². The average molecular weight is 399 g/mol. The third-order valence-electron chi connectivity index (χ3n) is 5.02. The fourth-order valence-electron chi connectivity index (χ4n) is 3.62. The first-order valence-electron chi connectivity index (χ1n) is 8.85. The second-order valence-corrected chi connectivity index (χ2v) is 6.74. The van der Waals surface area contributed by atoms with Gasteiger partial charge in [-0.25, -0.2) is 0 Å². The summed E-state index contributed by atoms with van der Waals surface area (Å²) in [5.74, 6) is -4.09. The molecule has 2 amide bonds. The molecule has 1 aromatic rings. The fourth-order valence-corrected chi connectivity index (χ4v) is 3.62. The highest BCUT2D eigenvalue weighted by Crippen LogP contribution is 2.47. The lowest BCUT2D eigenvalue weighted by Crippen LogP contribution is -2.62. The summed E-state index contributed by atoms with van der Waals surface area (Å²) in [5, 5.41) is 16.4. The lowest BCUT2D eigenvalue weighted by atomic mass is 9.87. The van der Waals surface area contributed by atoms with Gasteiger partial charge in [0.25, 0.3) is 5.72 Å². The highest BCUT2D eigenvalue weighted by atomic mass is 19.4. The fraction of sp³-hybridized carbons (Fsp3) is 0.500. The molecule has 0 unspecified atom stereocenters. The molecule has 152 valence electrons. The van der Waals surface area contributed by atoms with Crippen molar-refractivity contribution in [1.82, 2.24) is 5.01 Å². The van der Waals surface area contributed by atoms with Gasteiger partial charge in [-0.15, -0.1) is 0 Å². The number of para-hydroxylation sites is 2. The SMILES string of the molecule is COc1ccccc1NC(=O)C(=O)N1N=C2CCCCC[C@H]2[C@]1(O)C(F)(F)F. The largest absolute Gasteiger partial charge is 0.495 e. The van der Waals surface area contributed by atoms with Crippen LogP contribution in [0.5, 0.6) is 5.75 Å². The molecular weight excluding hydrogens is 379 g/mol. The van der Waals surface area contributed by atoms with Crippen molar-refractivity contribution < 1.29 is 32.6 Å². The maximum absolute atomic E-state index is 13.8. The van der Waals surface area contributed by atoms with Gasteiger partial charge in [0.15, 0.2) is 0 Å². The minimum absolute atomic E-state index is 0.0345. The number of benzene rings is 1. The zero-order valence-corrected chi connectivity index (χ0v) is 15.1. The maximum atomic E-state index is 13.8. The van der Waals surface area contributed by atoms with Crippen molar-refractivity contribution in [3.8, 4) is 5.75 Å². The quantitative estimate of drug-likeness (QED) is 0.748. The molecule has 0 radical (unpaired) electrons. The molecule has 1 aromatic carbocycles. The van der Waals surface area contributed by atoms with Gasteiger partial charge in [-0.1, -0.05) is 25.0 Å². The van der Waals surface area contributed by atoms with Crippen molar-refractivity contribution in [2.45, 2.75) is 44.0 Å². The standard InChI is InChI=1S/C18H20F3N3O4/c1-28-14-10-6-5-9-13(14)22-15(25)16(26)24-17(27,18(19,20)21)11-7-3-2-4-8-12(11)23-24/h5-6,9-11,27H,2-4,7-8H2,1H3,(H,22,25)/t11-,17+/m1/s1. The second-order valence-electron chi connectivity index (χ2n) is 6.74. The summed E-state index contributed by atoms with van der Waals surface area (Å²) in [6, 6.07) is 6.13. The Morgan fingerprint density at radius 1 is 1.29 bits per heavy atom. The van der Waals surface area contributed by atoms with Crippen LogP contribution in [0.25, 0.3) is 0 Å². The number of carbonyl (C=O) groups is 2. The van der Waals surface area contributed by atoms with Crippen molar-refractivity contribution in [2.75, 3.05) is 12.4 Å². The molecule has 3 rings (SSSR count). The van der Waals surface area contributed by atoms with Gasteiger partial charge < -0.3 is 15.2 Å². The molecule has 2 N–H and O–H groups in total. The zero-order valence-electron chi connectivity index (χ0n) is 15.1. The monoisotopic (exact) mass is 399 g/mol. The van der Waals surface area contributed by atoms with Crippen LogP contribution >= 0.6 is 0 Å². The number of carbonyl (C=O) groups excluding carboxylic acids is 2. The molecule has 2 atom stereocenters. The van der Waals surface area contributed by atoms with Gasteiger partial charge in [0.1, 0.15) is 5.75 Å². The summed E-state index contributed by atoms with van der Waals surface area (Å²) in [7, 11) is 1.34. The van der Waals surface area contributed by atoms with Crippen molar-refractivity contribution >= 4 is 23.2 Å². The van der Waals surface area contributed by atoms with E-state index in [0.29, 0.717) is 19.3 Å². The van der Waals surface area contributed by atoms with Crippen LogP contribution in [0.3, 0.4) is 0 Å². The van der Waals surface area contributed by atoms with Crippen LogP contribution < -0.4 is 10.1 Å². The highest BCUT2D eigenvalue weighted by Gasteiger charge is 2.68. The number of hydrogen-bond acceptors (Lipinski definition) is 5. The van der Waals surface area contributed by atoms with E-state index in [9.17, 15) is 27.9 Å². The van der Waals surface area contributed by atoms with E-state index >= 15 is 0 Å². The molecule has 0 bridgehead atoms. The van der Waals surface area contributed by atoms with Gasteiger partial charge in [-0.05, 0) is 31.4 Å². The molecule has 0 saturated heterocycles. The summed E-state index contributed by atoms with van der Waals surface area (Å²) < 4.78 is 46.4. The number of hydrazone groups is 1. The lowest BCUT2D eigenvalue weighted by molar-refractivity contribution is -0.316. The number of ether oxygens (including phenoxy) is 1. The topological polar surface area (TPSA) is 91.2 Å². The van der Waals surface area contributed by atoms with E-state index in [1.807, 2.05) is 0 Å². The third kappa shape index (κ3) is 3.32. The van der Waals surface area contributed by atoms with Gasteiger partial charge in [-0.3, -0.25) is 9.59 Å². The van der Waals surface area contributed by atoms with Gasteiger partial charge in [-0.2, -0.15) is 23.3 Å². The number of methoxy groups -OCH3 is 1. The third-order valence-corrected chi connectivity index (χ3v) is 5.02. The van der Waals surface area contributed by atoms with Crippen LogP contribution in [-0.4, -0.2) is 46.7 Å². The lowest BCUT2D eigenvalue weighted by Gasteiger charge is -2.36. The summed E-state index contributed by atoms with van der Waals surface area (Å²) in [5.41, 5.74) is -3.34. The van der Waals surface area contributed by atoms with Gasteiger partial charge in [0.2, 0.25) is 0 Å². The molecule has 0 aromatic heterocycles. The molecular formula is C18H20F3N3O4. The number of halogens is 3. The Labute approximate surface area is 159 Å². The second kappa shape index (κ2) is 7.42. The van der Waals surface area contributed by atoms with E-state index < -0.39 is 29.6 Å². The van der Waals surface area contributed by atoms with Crippen LogP contribution in [0.15, 0.2) is 29.4 Å². The number of nitrogens with one attached hydrogen (secondary N) is 1. The molecule has 1 aliphatic carbocycles. The number of nitrogens with zero attached hydrogens (tertiary/aromatic N) is 2. The van der Waals surface area contributed by atoms with Crippen LogP contribution in [-0.2, 0) is 9.59 Å². The smallest absolute Gasteiger partial charge is 0.439 e. The number of anilines is 1. The summed E-state index contributed by atoms with van der Waals surface area (Å²) in [4.78, 5) is 24.9. The molecule has 2 aliphatic rings. The first-order valence-corrected chi connectivity index (χ1v) is 8.85. The number of fused-ring (bicyclic) bond motifs is 1. The molecule has 1 heterocycles. The Morgan fingerprint density at radius 3 is 2.68 bits per heavy atom. The summed E-state index contributed by atoms with van der Waals surface area (Å²) >= 11 is 0. The van der Waals surface area contributed by atoms with Crippen LogP contribution in [0.1, 0.15) is 32.1 Å². The first kappa shape index (κ1) is 20.1. The first-order chi connectivity index (χ1) is 13.2. The Balaban J connectivity index is 1.91. The van der Waals surface area contributed by atoms with Crippen molar-refractivity contribution in [1.29, 1.82) is 0 Å². The number of amides is 2. The number of aliphatic hydroxyl groups is 1. The number of hydrogen-bond donors (Lipinski definition) is 2. The maximum Gasteiger partial charge on any atom is 0.439 e. The van der Waals surface area contributed by atoms with E-state index in [-0.39, 0.29) is 35.0 Å². The van der Waals surface area contributed by atoms with Gasteiger partial charge in [0.05, 0.1) is 18.7 Å². The minimum Gasteiger partial charge on any atom is -0.495 e. The average Bonchev–Trinajstić information content (AvgIpc) is 2.81. The van der Waals surface area contributed by atoms with Crippen LogP contribution in [0.2, 0.25) is 0 Å². The summed E-state index contributed by atoms with van der Waals surface area (Å²) in [6.07, 6.45) is -3.11. The van der Waals surface area contributed by atoms with E-state index in [2.05, 4.69) is 10.4 Å². The number of alkyl halides is 3.